The lowest BCUT2D eigenvalue weighted by Gasteiger charge is -2.37. The van der Waals surface area contributed by atoms with E-state index in [0.717, 1.165) is 12.8 Å². The summed E-state index contributed by atoms with van der Waals surface area (Å²) in [6.45, 7) is 6.28. The zero-order chi connectivity index (χ0) is 16.0. The summed E-state index contributed by atoms with van der Waals surface area (Å²) < 4.78 is 5.51. The Morgan fingerprint density at radius 2 is 1.86 bits per heavy atom. The molecule has 3 rings (SSSR count). The molecule has 1 aliphatic heterocycles. The Morgan fingerprint density at radius 3 is 2.41 bits per heavy atom. The number of carbonyl (C=O) groups is 1. The molecular weight excluding hydrogens is 278 g/mol. The van der Waals surface area contributed by atoms with Crippen LogP contribution in [-0.2, 0) is 17.6 Å². The number of amides is 1. The SMILES string of the molecule is CC(C)(C)OC(=O)N1CCC[C@H]1C1(O)Cc2ccccc2C1. The molecule has 4 heteroatoms. The predicted octanol–water partition coefficient (Wildman–Crippen LogP) is 2.92. The van der Waals surface area contributed by atoms with Crippen molar-refractivity contribution in [1.82, 2.24) is 4.90 Å². The number of nitrogens with zero attached hydrogens (tertiary/aromatic N) is 1. The maximum Gasteiger partial charge on any atom is 0.410 e. The van der Waals surface area contributed by atoms with E-state index in [1.807, 2.05) is 32.9 Å². The second-order valence-corrected chi connectivity index (χ2v) is 7.56. The topological polar surface area (TPSA) is 49.8 Å². The van der Waals surface area contributed by atoms with Gasteiger partial charge in [-0.05, 0) is 44.7 Å². The van der Waals surface area contributed by atoms with Gasteiger partial charge >= 0.3 is 6.09 Å². The highest BCUT2D eigenvalue weighted by atomic mass is 16.6. The van der Waals surface area contributed by atoms with Gasteiger partial charge in [0, 0.05) is 19.4 Å². The van der Waals surface area contributed by atoms with Gasteiger partial charge in [-0.2, -0.15) is 0 Å². The summed E-state index contributed by atoms with van der Waals surface area (Å²) in [7, 11) is 0. The summed E-state index contributed by atoms with van der Waals surface area (Å²) in [5.41, 5.74) is 1.02. The van der Waals surface area contributed by atoms with Crippen molar-refractivity contribution < 1.29 is 14.6 Å². The van der Waals surface area contributed by atoms with Gasteiger partial charge in [-0.15, -0.1) is 0 Å². The lowest BCUT2D eigenvalue weighted by atomic mass is 9.89. The zero-order valence-corrected chi connectivity index (χ0v) is 13.6. The number of hydrogen-bond acceptors (Lipinski definition) is 3. The van der Waals surface area contributed by atoms with E-state index in [4.69, 9.17) is 4.74 Å². The minimum atomic E-state index is -0.864. The third kappa shape index (κ3) is 2.84. The first-order valence-corrected chi connectivity index (χ1v) is 8.07. The quantitative estimate of drug-likeness (QED) is 0.868. The van der Waals surface area contributed by atoms with Crippen molar-refractivity contribution in [3.63, 3.8) is 0 Å². The minimum absolute atomic E-state index is 0.158. The van der Waals surface area contributed by atoms with Gasteiger partial charge in [-0.3, -0.25) is 0 Å². The molecule has 1 atom stereocenters. The molecule has 1 saturated heterocycles. The third-order valence-electron chi connectivity index (χ3n) is 4.61. The van der Waals surface area contributed by atoms with E-state index in [0.29, 0.717) is 19.4 Å². The largest absolute Gasteiger partial charge is 0.444 e. The van der Waals surface area contributed by atoms with E-state index in [-0.39, 0.29) is 12.1 Å². The van der Waals surface area contributed by atoms with Crippen LogP contribution < -0.4 is 0 Å². The minimum Gasteiger partial charge on any atom is -0.444 e. The molecule has 120 valence electrons. The molecule has 0 unspecified atom stereocenters. The fraction of sp³-hybridized carbons (Fsp3) is 0.611. The highest BCUT2D eigenvalue weighted by Gasteiger charge is 2.48. The van der Waals surface area contributed by atoms with Crippen LogP contribution in [-0.4, -0.2) is 39.9 Å². The van der Waals surface area contributed by atoms with Gasteiger partial charge in [0.2, 0.25) is 0 Å². The average molecular weight is 303 g/mol. The van der Waals surface area contributed by atoms with Crippen molar-refractivity contribution in [2.24, 2.45) is 0 Å². The summed E-state index contributed by atoms with van der Waals surface area (Å²) in [5.74, 6) is 0. The lowest BCUT2D eigenvalue weighted by Crippen LogP contribution is -2.53. The summed E-state index contributed by atoms with van der Waals surface area (Å²) >= 11 is 0. The molecule has 0 spiro atoms. The van der Waals surface area contributed by atoms with Crippen LogP contribution in [0, 0.1) is 0 Å². The van der Waals surface area contributed by atoms with Crippen molar-refractivity contribution in [3.8, 4) is 0 Å². The molecule has 22 heavy (non-hydrogen) atoms. The van der Waals surface area contributed by atoms with Crippen molar-refractivity contribution in [3.05, 3.63) is 35.4 Å². The number of ether oxygens (including phenoxy) is 1. The molecule has 1 aromatic rings. The van der Waals surface area contributed by atoms with Crippen LogP contribution in [0.1, 0.15) is 44.7 Å². The van der Waals surface area contributed by atoms with Gasteiger partial charge < -0.3 is 14.7 Å². The van der Waals surface area contributed by atoms with Crippen LogP contribution in [0.4, 0.5) is 4.79 Å². The van der Waals surface area contributed by atoms with Gasteiger partial charge in [0.05, 0.1) is 11.6 Å². The maximum atomic E-state index is 12.4. The van der Waals surface area contributed by atoms with E-state index in [2.05, 4.69) is 12.1 Å². The van der Waals surface area contributed by atoms with Crippen molar-refractivity contribution in [2.45, 2.75) is 63.7 Å². The fourth-order valence-corrected chi connectivity index (χ4v) is 3.72. The summed E-state index contributed by atoms with van der Waals surface area (Å²) in [6.07, 6.45) is 2.69. The smallest absolute Gasteiger partial charge is 0.410 e. The first kappa shape index (κ1) is 15.3. The molecule has 1 fully saturated rings. The highest BCUT2D eigenvalue weighted by molar-refractivity contribution is 5.69. The first-order valence-electron chi connectivity index (χ1n) is 8.07. The number of hydrogen-bond donors (Lipinski definition) is 1. The third-order valence-corrected chi connectivity index (χ3v) is 4.61. The summed E-state index contributed by atoms with van der Waals surface area (Å²) in [5, 5.41) is 11.2. The molecule has 1 aromatic carbocycles. The normalized spacial score (nSPS) is 23.5. The molecule has 1 N–H and O–H groups in total. The molecule has 0 radical (unpaired) electrons. The monoisotopic (exact) mass is 303 g/mol. The number of aliphatic hydroxyl groups is 1. The van der Waals surface area contributed by atoms with E-state index in [9.17, 15) is 9.90 Å². The van der Waals surface area contributed by atoms with E-state index in [1.54, 1.807) is 4.90 Å². The van der Waals surface area contributed by atoms with Crippen molar-refractivity contribution >= 4 is 6.09 Å². The van der Waals surface area contributed by atoms with Crippen LogP contribution in [0.15, 0.2) is 24.3 Å². The van der Waals surface area contributed by atoms with Crippen LogP contribution in [0.3, 0.4) is 0 Å². The molecule has 4 nitrogen and oxygen atoms in total. The van der Waals surface area contributed by atoms with Gasteiger partial charge in [0.15, 0.2) is 0 Å². The van der Waals surface area contributed by atoms with Gasteiger partial charge in [0.25, 0.3) is 0 Å². The van der Waals surface area contributed by atoms with Crippen molar-refractivity contribution in [1.29, 1.82) is 0 Å². The molecule has 2 aliphatic rings. The van der Waals surface area contributed by atoms with Crippen LogP contribution >= 0.6 is 0 Å². The Bertz CT molecular complexity index is 551. The number of benzene rings is 1. The second kappa shape index (κ2) is 5.27. The summed E-state index contributed by atoms with van der Waals surface area (Å²) in [4.78, 5) is 14.2. The highest BCUT2D eigenvalue weighted by Crippen LogP contribution is 2.38. The predicted molar refractivity (Wildman–Crippen MR) is 84.8 cm³/mol. The lowest BCUT2D eigenvalue weighted by molar-refractivity contribution is -0.0381. The number of fused-ring (bicyclic) bond motifs is 1. The molecule has 0 saturated carbocycles. The second-order valence-electron chi connectivity index (χ2n) is 7.56. The summed E-state index contributed by atoms with van der Waals surface area (Å²) in [6, 6.07) is 7.99. The van der Waals surface area contributed by atoms with E-state index >= 15 is 0 Å². The van der Waals surface area contributed by atoms with Crippen LogP contribution in [0.25, 0.3) is 0 Å². The van der Waals surface area contributed by atoms with Gasteiger partial charge in [-0.1, -0.05) is 24.3 Å². The molecule has 1 aliphatic carbocycles. The molecule has 0 aromatic heterocycles. The Morgan fingerprint density at radius 1 is 1.27 bits per heavy atom. The zero-order valence-electron chi connectivity index (χ0n) is 13.6. The Balaban J connectivity index is 1.78. The van der Waals surface area contributed by atoms with Crippen molar-refractivity contribution in [2.75, 3.05) is 6.54 Å². The first-order chi connectivity index (χ1) is 10.3. The standard InChI is InChI=1S/C18H25NO3/c1-17(2,3)22-16(20)19-10-6-9-15(19)18(21)11-13-7-4-5-8-14(13)12-18/h4-5,7-8,15,21H,6,9-12H2,1-3H3/t15-/m0/s1. The molecule has 1 amide bonds. The number of carbonyl (C=O) groups excluding carboxylic acids is 1. The Kier molecular flexibility index (Phi) is 3.68. The molecule has 1 heterocycles. The Hall–Kier alpha value is -1.55. The van der Waals surface area contributed by atoms with Crippen LogP contribution in [0.5, 0.6) is 0 Å². The van der Waals surface area contributed by atoms with E-state index in [1.165, 1.54) is 11.1 Å². The Labute approximate surface area is 132 Å². The number of rotatable bonds is 1. The van der Waals surface area contributed by atoms with Crippen LogP contribution in [0.2, 0.25) is 0 Å². The fourth-order valence-electron chi connectivity index (χ4n) is 3.72. The maximum absolute atomic E-state index is 12.4. The average Bonchev–Trinajstić information content (AvgIpc) is 3.00. The van der Waals surface area contributed by atoms with Gasteiger partial charge in [-0.25, -0.2) is 4.79 Å². The number of likely N-dealkylation sites (tertiary alicyclic amines) is 1. The van der Waals surface area contributed by atoms with Gasteiger partial charge in [0.1, 0.15) is 5.60 Å². The van der Waals surface area contributed by atoms with E-state index < -0.39 is 11.2 Å². The molecule has 0 bridgehead atoms. The molecular formula is C18H25NO3.